The molecule has 4 nitrogen and oxygen atoms in total. The summed E-state index contributed by atoms with van der Waals surface area (Å²) in [5, 5.41) is 9.34. The standard InChI is InChI=1S/C20H17NO3/c1-14-6-5-9-16(10-14)18-11-17(20(22)23)12-19(21-18)24-13-15-7-3-2-4-8-15/h2-12H,13H2,1H3,(H,22,23). The van der Waals surface area contributed by atoms with Gasteiger partial charge in [-0.1, -0.05) is 54.1 Å². The van der Waals surface area contributed by atoms with Crippen LogP contribution >= 0.6 is 0 Å². The predicted molar refractivity (Wildman–Crippen MR) is 92.1 cm³/mol. The van der Waals surface area contributed by atoms with Gasteiger partial charge < -0.3 is 9.84 Å². The number of nitrogens with zero attached hydrogens (tertiary/aromatic N) is 1. The van der Waals surface area contributed by atoms with E-state index in [4.69, 9.17) is 4.74 Å². The van der Waals surface area contributed by atoms with Crippen LogP contribution in [0.25, 0.3) is 11.3 Å². The van der Waals surface area contributed by atoms with Gasteiger partial charge in [0.15, 0.2) is 0 Å². The van der Waals surface area contributed by atoms with E-state index in [9.17, 15) is 9.90 Å². The SMILES string of the molecule is Cc1cccc(-c2cc(C(=O)O)cc(OCc3ccccc3)n2)c1. The molecule has 0 atom stereocenters. The largest absolute Gasteiger partial charge is 0.478 e. The highest BCUT2D eigenvalue weighted by Gasteiger charge is 2.11. The molecule has 120 valence electrons. The van der Waals surface area contributed by atoms with E-state index in [2.05, 4.69) is 4.98 Å². The van der Waals surface area contributed by atoms with Gasteiger partial charge >= 0.3 is 5.97 Å². The number of hydrogen-bond acceptors (Lipinski definition) is 3. The predicted octanol–water partition coefficient (Wildman–Crippen LogP) is 4.33. The smallest absolute Gasteiger partial charge is 0.335 e. The fourth-order valence-corrected chi connectivity index (χ4v) is 2.39. The van der Waals surface area contributed by atoms with Crippen LogP contribution in [0.2, 0.25) is 0 Å². The van der Waals surface area contributed by atoms with Crippen LogP contribution in [-0.4, -0.2) is 16.1 Å². The van der Waals surface area contributed by atoms with Crippen molar-refractivity contribution in [1.82, 2.24) is 4.98 Å². The third-order valence-corrected chi connectivity index (χ3v) is 3.59. The molecule has 0 aliphatic rings. The molecular weight excluding hydrogens is 302 g/mol. The molecule has 0 aliphatic carbocycles. The van der Waals surface area contributed by atoms with Crippen molar-refractivity contribution in [3.63, 3.8) is 0 Å². The van der Waals surface area contributed by atoms with Crippen LogP contribution in [0.4, 0.5) is 0 Å². The van der Waals surface area contributed by atoms with Gasteiger partial charge in [0.2, 0.25) is 5.88 Å². The van der Waals surface area contributed by atoms with E-state index in [1.165, 1.54) is 6.07 Å². The molecule has 1 aromatic heterocycles. The Labute approximate surface area is 140 Å². The first kappa shape index (κ1) is 15.7. The molecule has 0 amide bonds. The third-order valence-electron chi connectivity index (χ3n) is 3.59. The van der Waals surface area contributed by atoms with Crippen molar-refractivity contribution in [1.29, 1.82) is 0 Å². The van der Waals surface area contributed by atoms with Crippen molar-refractivity contribution < 1.29 is 14.6 Å². The molecule has 0 aliphatic heterocycles. The van der Waals surface area contributed by atoms with Gasteiger partial charge in [-0.25, -0.2) is 9.78 Å². The van der Waals surface area contributed by atoms with Crippen LogP contribution in [0, 0.1) is 6.92 Å². The number of benzene rings is 2. The van der Waals surface area contributed by atoms with Crippen LogP contribution in [-0.2, 0) is 6.61 Å². The van der Waals surface area contributed by atoms with Gasteiger partial charge in [-0.2, -0.15) is 0 Å². The Kier molecular flexibility index (Phi) is 4.57. The highest BCUT2D eigenvalue weighted by Crippen LogP contribution is 2.24. The maximum atomic E-state index is 11.4. The van der Waals surface area contributed by atoms with Gasteiger partial charge in [0.1, 0.15) is 6.61 Å². The van der Waals surface area contributed by atoms with Gasteiger partial charge in [-0.3, -0.25) is 0 Å². The zero-order chi connectivity index (χ0) is 16.9. The number of ether oxygens (including phenoxy) is 1. The molecule has 0 bridgehead atoms. The lowest BCUT2D eigenvalue weighted by molar-refractivity contribution is 0.0696. The number of carbonyl (C=O) groups is 1. The molecule has 3 rings (SSSR count). The second kappa shape index (κ2) is 6.96. The summed E-state index contributed by atoms with van der Waals surface area (Å²) in [6.07, 6.45) is 0. The first-order valence-electron chi connectivity index (χ1n) is 7.61. The summed E-state index contributed by atoms with van der Waals surface area (Å²) >= 11 is 0. The van der Waals surface area contributed by atoms with Crippen LogP contribution in [0.3, 0.4) is 0 Å². The summed E-state index contributed by atoms with van der Waals surface area (Å²) in [6.45, 7) is 2.32. The van der Waals surface area contributed by atoms with E-state index < -0.39 is 5.97 Å². The summed E-state index contributed by atoms with van der Waals surface area (Å²) in [6, 6.07) is 20.5. The maximum absolute atomic E-state index is 11.4. The zero-order valence-electron chi connectivity index (χ0n) is 13.3. The Morgan fingerprint density at radius 1 is 1.04 bits per heavy atom. The Balaban J connectivity index is 1.92. The number of aromatic carboxylic acids is 1. The summed E-state index contributed by atoms with van der Waals surface area (Å²) in [7, 11) is 0. The second-order valence-electron chi connectivity index (χ2n) is 5.53. The van der Waals surface area contributed by atoms with E-state index in [0.29, 0.717) is 18.2 Å². The van der Waals surface area contributed by atoms with Crippen LogP contribution in [0.1, 0.15) is 21.5 Å². The fraction of sp³-hybridized carbons (Fsp3) is 0.100. The van der Waals surface area contributed by atoms with Crippen molar-refractivity contribution >= 4 is 5.97 Å². The second-order valence-corrected chi connectivity index (χ2v) is 5.53. The molecule has 1 heterocycles. The molecule has 0 saturated heterocycles. The Bertz CT molecular complexity index is 860. The van der Waals surface area contributed by atoms with Gasteiger partial charge in [0.05, 0.1) is 11.3 Å². The first-order chi connectivity index (χ1) is 11.6. The van der Waals surface area contributed by atoms with Crippen molar-refractivity contribution in [2.75, 3.05) is 0 Å². The lowest BCUT2D eigenvalue weighted by Gasteiger charge is -2.09. The maximum Gasteiger partial charge on any atom is 0.335 e. The van der Waals surface area contributed by atoms with Gasteiger partial charge in [0, 0.05) is 11.6 Å². The van der Waals surface area contributed by atoms with E-state index in [1.54, 1.807) is 6.07 Å². The molecular formula is C20H17NO3. The molecule has 0 saturated carbocycles. The monoisotopic (exact) mass is 319 g/mol. The number of carboxylic acids is 1. The lowest BCUT2D eigenvalue weighted by Crippen LogP contribution is -2.03. The summed E-state index contributed by atoms with van der Waals surface area (Å²) in [5.74, 6) is -0.703. The van der Waals surface area contributed by atoms with Crippen LogP contribution in [0.15, 0.2) is 66.7 Å². The van der Waals surface area contributed by atoms with Crippen LogP contribution in [0.5, 0.6) is 5.88 Å². The molecule has 0 radical (unpaired) electrons. The van der Waals surface area contributed by atoms with Crippen LogP contribution < -0.4 is 4.74 Å². The highest BCUT2D eigenvalue weighted by atomic mass is 16.5. The van der Waals surface area contributed by atoms with E-state index in [1.807, 2.05) is 61.5 Å². The quantitative estimate of drug-likeness (QED) is 0.760. The number of hydrogen-bond donors (Lipinski definition) is 1. The van der Waals surface area contributed by atoms with Crippen molar-refractivity contribution in [3.8, 4) is 17.1 Å². The van der Waals surface area contributed by atoms with Gasteiger partial charge in [-0.05, 0) is 24.6 Å². The summed E-state index contributed by atoms with van der Waals surface area (Å²) in [4.78, 5) is 15.9. The minimum absolute atomic E-state index is 0.157. The number of aryl methyl sites for hydroxylation is 1. The van der Waals surface area contributed by atoms with Gasteiger partial charge in [-0.15, -0.1) is 0 Å². The van der Waals surface area contributed by atoms with E-state index in [0.717, 1.165) is 16.7 Å². The Hall–Kier alpha value is -3.14. The fourth-order valence-electron chi connectivity index (χ4n) is 2.39. The van der Waals surface area contributed by atoms with Crippen molar-refractivity contribution in [2.24, 2.45) is 0 Å². The van der Waals surface area contributed by atoms with E-state index in [-0.39, 0.29) is 5.56 Å². The van der Waals surface area contributed by atoms with Crippen molar-refractivity contribution in [3.05, 3.63) is 83.4 Å². The van der Waals surface area contributed by atoms with Gasteiger partial charge in [0.25, 0.3) is 0 Å². The third kappa shape index (κ3) is 3.79. The first-order valence-corrected chi connectivity index (χ1v) is 7.61. The summed E-state index contributed by atoms with van der Waals surface area (Å²) in [5.41, 5.74) is 3.69. The Morgan fingerprint density at radius 2 is 1.83 bits per heavy atom. The number of rotatable bonds is 5. The molecule has 0 fully saturated rings. The average molecular weight is 319 g/mol. The molecule has 1 N–H and O–H groups in total. The minimum atomic E-state index is -1.00. The zero-order valence-corrected chi connectivity index (χ0v) is 13.3. The lowest BCUT2D eigenvalue weighted by atomic mass is 10.1. The molecule has 0 unspecified atom stereocenters. The minimum Gasteiger partial charge on any atom is -0.478 e. The molecule has 3 aromatic rings. The number of aromatic nitrogens is 1. The number of carboxylic acid groups (broad SMARTS) is 1. The topological polar surface area (TPSA) is 59.4 Å². The van der Waals surface area contributed by atoms with Crippen molar-refractivity contribution in [2.45, 2.75) is 13.5 Å². The molecule has 2 aromatic carbocycles. The summed E-state index contributed by atoms with van der Waals surface area (Å²) < 4.78 is 5.70. The van der Waals surface area contributed by atoms with E-state index >= 15 is 0 Å². The number of pyridine rings is 1. The average Bonchev–Trinajstić information content (AvgIpc) is 2.60. The molecule has 24 heavy (non-hydrogen) atoms. The molecule has 4 heteroatoms. The Morgan fingerprint density at radius 3 is 2.54 bits per heavy atom. The molecule has 0 spiro atoms. The normalized spacial score (nSPS) is 10.4. The highest BCUT2D eigenvalue weighted by molar-refractivity contribution is 5.89.